The molecule has 1 aliphatic heterocycles. The Balaban J connectivity index is 1.85. The molecule has 2 unspecified atom stereocenters. The molecule has 0 aromatic heterocycles. The Bertz CT molecular complexity index is 313. The second-order valence-corrected chi connectivity index (χ2v) is 6.58. The summed E-state index contributed by atoms with van der Waals surface area (Å²) in [4.78, 5) is 17.2. The van der Waals surface area contributed by atoms with Gasteiger partial charge in [-0.15, -0.1) is 0 Å². The number of carbonyl (C=O) groups is 1. The van der Waals surface area contributed by atoms with E-state index in [0.717, 1.165) is 51.9 Å². The molecule has 0 aromatic rings. The lowest BCUT2D eigenvalue weighted by molar-refractivity contribution is -0.138. The number of hydrogen-bond donors (Lipinski definition) is 1. The van der Waals surface area contributed by atoms with Gasteiger partial charge in [0.2, 0.25) is 5.91 Å². The third kappa shape index (κ3) is 3.73. The van der Waals surface area contributed by atoms with Crippen LogP contribution in [-0.2, 0) is 4.79 Å². The zero-order valence-corrected chi connectivity index (χ0v) is 13.2. The van der Waals surface area contributed by atoms with Crippen molar-refractivity contribution in [2.45, 2.75) is 51.5 Å². The van der Waals surface area contributed by atoms with Gasteiger partial charge in [-0.05, 0) is 51.1 Å². The van der Waals surface area contributed by atoms with Crippen LogP contribution in [0.1, 0.15) is 45.4 Å². The largest absolute Gasteiger partial charge is 0.342 e. The number of rotatable bonds is 4. The van der Waals surface area contributed by atoms with Gasteiger partial charge in [0.15, 0.2) is 0 Å². The highest BCUT2D eigenvalue weighted by Gasteiger charge is 2.32. The number of piperidine rings is 1. The molecule has 1 saturated carbocycles. The van der Waals surface area contributed by atoms with Crippen molar-refractivity contribution in [2.24, 2.45) is 17.6 Å². The van der Waals surface area contributed by atoms with E-state index in [-0.39, 0.29) is 5.92 Å². The monoisotopic (exact) mass is 281 g/mol. The zero-order valence-electron chi connectivity index (χ0n) is 13.2. The molecule has 2 rings (SSSR count). The molecule has 2 fully saturated rings. The van der Waals surface area contributed by atoms with Crippen molar-refractivity contribution in [1.82, 2.24) is 9.80 Å². The molecule has 0 bridgehead atoms. The summed E-state index contributed by atoms with van der Waals surface area (Å²) < 4.78 is 0. The summed E-state index contributed by atoms with van der Waals surface area (Å²) >= 11 is 0. The summed E-state index contributed by atoms with van der Waals surface area (Å²) in [5, 5.41) is 0. The van der Waals surface area contributed by atoms with E-state index in [0.29, 0.717) is 17.9 Å². The van der Waals surface area contributed by atoms with Gasteiger partial charge in [0.25, 0.3) is 0 Å². The van der Waals surface area contributed by atoms with Crippen LogP contribution in [0.5, 0.6) is 0 Å². The van der Waals surface area contributed by atoms with Crippen molar-refractivity contribution < 1.29 is 4.79 Å². The molecule has 4 heteroatoms. The van der Waals surface area contributed by atoms with Gasteiger partial charge in [0, 0.05) is 32.1 Å². The lowest BCUT2D eigenvalue weighted by Gasteiger charge is -2.39. The van der Waals surface area contributed by atoms with Gasteiger partial charge in [-0.2, -0.15) is 0 Å². The molecule has 0 aromatic carbocycles. The number of likely N-dealkylation sites (tertiary alicyclic amines) is 1. The van der Waals surface area contributed by atoms with E-state index < -0.39 is 0 Å². The van der Waals surface area contributed by atoms with Crippen LogP contribution in [0.4, 0.5) is 0 Å². The summed E-state index contributed by atoms with van der Waals surface area (Å²) in [6.45, 7) is 6.35. The van der Waals surface area contributed by atoms with Crippen molar-refractivity contribution in [1.29, 1.82) is 0 Å². The number of hydrogen-bond acceptors (Lipinski definition) is 3. The lowest BCUT2D eigenvalue weighted by atomic mass is 9.80. The van der Waals surface area contributed by atoms with E-state index in [4.69, 9.17) is 5.73 Å². The number of nitrogens with zero attached hydrogens (tertiary/aromatic N) is 2. The number of amides is 1. The van der Waals surface area contributed by atoms with E-state index in [9.17, 15) is 4.79 Å². The maximum atomic E-state index is 12.7. The smallest absolute Gasteiger partial charge is 0.225 e. The van der Waals surface area contributed by atoms with E-state index in [1.807, 2.05) is 7.05 Å². The molecule has 0 spiro atoms. The van der Waals surface area contributed by atoms with Crippen molar-refractivity contribution in [3.8, 4) is 0 Å². The summed E-state index contributed by atoms with van der Waals surface area (Å²) in [5.74, 6) is 1.16. The van der Waals surface area contributed by atoms with Gasteiger partial charge < -0.3 is 15.5 Å². The fourth-order valence-electron chi connectivity index (χ4n) is 3.82. The van der Waals surface area contributed by atoms with Crippen molar-refractivity contribution >= 4 is 5.91 Å². The second kappa shape index (κ2) is 7.41. The standard InChI is InChI=1S/C16H31N3O/c1-3-19-9-7-15(8-10-19)18(2)16(20)14-6-4-5-13(11-14)12-17/h13-15H,3-12,17H2,1-2H3. The van der Waals surface area contributed by atoms with Gasteiger partial charge in [-0.1, -0.05) is 13.3 Å². The Morgan fingerprint density at radius 3 is 2.55 bits per heavy atom. The molecule has 1 saturated heterocycles. The van der Waals surface area contributed by atoms with E-state index in [2.05, 4.69) is 16.7 Å². The minimum absolute atomic E-state index is 0.228. The molecule has 2 aliphatic rings. The van der Waals surface area contributed by atoms with Gasteiger partial charge in [-0.25, -0.2) is 0 Å². The maximum Gasteiger partial charge on any atom is 0.225 e. The normalized spacial score (nSPS) is 29.4. The molecule has 2 atom stereocenters. The molecule has 20 heavy (non-hydrogen) atoms. The van der Waals surface area contributed by atoms with Gasteiger partial charge >= 0.3 is 0 Å². The van der Waals surface area contributed by atoms with Gasteiger partial charge in [-0.3, -0.25) is 4.79 Å². The van der Waals surface area contributed by atoms with Gasteiger partial charge in [0.05, 0.1) is 0 Å². The zero-order chi connectivity index (χ0) is 14.5. The Labute approximate surface area is 123 Å². The summed E-state index contributed by atoms with van der Waals surface area (Å²) in [6, 6.07) is 0.448. The van der Waals surface area contributed by atoms with Crippen LogP contribution in [0.15, 0.2) is 0 Å². The molecule has 0 radical (unpaired) electrons. The van der Waals surface area contributed by atoms with Crippen molar-refractivity contribution in [3.05, 3.63) is 0 Å². The van der Waals surface area contributed by atoms with Crippen molar-refractivity contribution in [3.63, 3.8) is 0 Å². The quantitative estimate of drug-likeness (QED) is 0.853. The topological polar surface area (TPSA) is 49.6 Å². The molecule has 1 amide bonds. The highest BCUT2D eigenvalue weighted by Crippen LogP contribution is 2.30. The highest BCUT2D eigenvalue weighted by molar-refractivity contribution is 5.79. The fraction of sp³-hybridized carbons (Fsp3) is 0.938. The van der Waals surface area contributed by atoms with E-state index in [1.165, 1.54) is 12.8 Å². The minimum Gasteiger partial charge on any atom is -0.342 e. The lowest BCUT2D eigenvalue weighted by Crippen LogP contribution is -2.47. The molecule has 1 heterocycles. The molecular weight excluding hydrogens is 250 g/mol. The average Bonchev–Trinajstić information content (AvgIpc) is 2.53. The summed E-state index contributed by atoms with van der Waals surface area (Å²) in [7, 11) is 2.01. The minimum atomic E-state index is 0.228. The van der Waals surface area contributed by atoms with Gasteiger partial charge in [0.1, 0.15) is 0 Å². The SMILES string of the molecule is CCN1CCC(N(C)C(=O)C2CCCC(CN)C2)CC1. The molecule has 1 aliphatic carbocycles. The van der Waals surface area contributed by atoms with Crippen LogP contribution < -0.4 is 5.73 Å². The summed E-state index contributed by atoms with van der Waals surface area (Å²) in [6.07, 6.45) is 6.70. The third-order valence-electron chi connectivity index (χ3n) is 5.37. The van der Waals surface area contributed by atoms with Crippen LogP contribution >= 0.6 is 0 Å². The Morgan fingerprint density at radius 2 is 1.95 bits per heavy atom. The first-order valence-corrected chi connectivity index (χ1v) is 8.34. The van der Waals surface area contributed by atoms with Crippen LogP contribution in [0, 0.1) is 11.8 Å². The van der Waals surface area contributed by atoms with E-state index in [1.54, 1.807) is 0 Å². The summed E-state index contributed by atoms with van der Waals surface area (Å²) in [5.41, 5.74) is 5.78. The maximum absolute atomic E-state index is 12.7. The first kappa shape index (κ1) is 15.8. The molecular formula is C16H31N3O. The van der Waals surface area contributed by atoms with Crippen LogP contribution in [0.3, 0.4) is 0 Å². The predicted molar refractivity (Wildman–Crippen MR) is 82.4 cm³/mol. The third-order valence-corrected chi connectivity index (χ3v) is 5.37. The van der Waals surface area contributed by atoms with E-state index >= 15 is 0 Å². The second-order valence-electron chi connectivity index (χ2n) is 6.58. The Kier molecular flexibility index (Phi) is 5.85. The Hall–Kier alpha value is -0.610. The van der Waals surface area contributed by atoms with Crippen LogP contribution in [0.25, 0.3) is 0 Å². The Morgan fingerprint density at radius 1 is 1.25 bits per heavy atom. The predicted octanol–water partition coefficient (Wildman–Crippen LogP) is 1.69. The molecule has 116 valence electrons. The van der Waals surface area contributed by atoms with Crippen LogP contribution in [-0.4, -0.2) is 55.0 Å². The van der Waals surface area contributed by atoms with Crippen LogP contribution in [0.2, 0.25) is 0 Å². The number of nitrogens with two attached hydrogens (primary N) is 1. The first-order chi connectivity index (χ1) is 9.65. The highest BCUT2D eigenvalue weighted by atomic mass is 16.2. The first-order valence-electron chi connectivity index (χ1n) is 8.34. The molecule has 4 nitrogen and oxygen atoms in total. The fourth-order valence-corrected chi connectivity index (χ4v) is 3.82. The average molecular weight is 281 g/mol. The van der Waals surface area contributed by atoms with Crippen molar-refractivity contribution in [2.75, 3.05) is 33.2 Å². The number of carbonyl (C=O) groups excluding carboxylic acids is 1. The molecule has 2 N–H and O–H groups in total.